The van der Waals surface area contributed by atoms with Gasteiger partial charge in [-0.25, -0.2) is 0 Å². The van der Waals surface area contributed by atoms with Gasteiger partial charge in [-0.2, -0.15) is 0 Å². The van der Waals surface area contributed by atoms with Crippen LogP contribution in [0.4, 0.5) is 0 Å². The number of carbonyl (C=O) groups excluding carboxylic acids is 1. The summed E-state index contributed by atoms with van der Waals surface area (Å²) in [5.41, 5.74) is 1.04. The minimum atomic E-state index is 0. The molecule has 136 valence electrons. The van der Waals surface area contributed by atoms with Crippen LogP contribution in [0.2, 0.25) is 0 Å². The van der Waals surface area contributed by atoms with Crippen molar-refractivity contribution < 1.29 is 14.3 Å². The summed E-state index contributed by atoms with van der Waals surface area (Å²) in [4.78, 5) is 14.3. The fraction of sp³-hybridized carbons (Fsp3) is 0.588. The Bertz CT molecular complexity index is 486. The van der Waals surface area contributed by atoms with E-state index >= 15 is 0 Å². The molecule has 0 saturated carbocycles. The summed E-state index contributed by atoms with van der Waals surface area (Å²) in [6.07, 6.45) is 1.14. The molecule has 1 aromatic carbocycles. The van der Waals surface area contributed by atoms with Gasteiger partial charge in [0.05, 0.1) is 14.2 Å². The average Bonchev–Trinajstić information content (AvgIpc) is 2.60. The predicted octanol–water partition coefficient (Wildman–Crippen LogP) is 1.08. The summed E-state index contributed by atoms with van der Waals surface area (Å²) in [6, 6.07) is 5.71. The molecule has 2 N–H and O–H groups in total. The van der Waals surface area contributed by atoms with Gasteiger partial charge in [-0.1, -0.05) is 0 Å². The van der Waals surface area contributed by atoms with E-state index in [2.05, 4.69) is 15.5 Å². The van der Waals surface area contributed by atoms with Crippen molar-refractivity contribution in [2.75, 3.05) is 53.5 Å². The Morgan fingerprint density at radius 1 is 1.17 bits per heavy atom. The van der Waals surface area contributed by atoms with Gasteiger partial charge in [0.2, 0.25) is 5.91 Å². The highest BCUT2D eigenvalue weighted by Gasteiger charge is 2.10. The zero-order valence-corrected chi connectivity index (χ0v) is 15.3. The maximum Gasteiger partial charge on any atom is 0.220 e. The molecule has 0 aliphatic carbocycles. The molecule has 1 heterocycles. The number of methoxy groups -OCH3 is 2. The van der Waals surface area contributed by atoms with Crippen LogP contribution in [0.5, 0.6) is 11.5 Å². The highest BCUT2D eigenvalue weighted by molar-refractivity contribution is 5.85. The van der Waals surface area contributed by atoms with Gasteiger partial charge in [0.15, 0.2) is 0 Å². The van der Waals surface area contributed by atoms with E-state index in [1.54, 1.807) is 14.2 Å². The number of hydrogen-bond donors (Lipinski definition) is 2. The number of aryl methyl sites for hydroxylation is 1. The molecule has 0 aromatic heterocycles. The van der Waals surface area contributed by atoms with Crippen LogP contribution in [0, 0.1) is 0 Å². The van der Waals surface area contributed by atoms with Crippen molar-refractivity contribution >= 4 is 18.3 Å². The Kier molecular flexibility index (Phi) is 9.52. The lowest BCUT2D eigenvalue weighted by Gasteiger charge is -2.27. The first-order valence-corrected chi connectivity index (χ1v) is 8.13. The topological polar surface area (TPSA) is 62.8 Å². The molecule has 0 spiro atoms. The van der Waals surface area contributed by atoms with Crippen molar-refractivity contribution in [3.05, 3.63) is 23.8 Å². The summed E-state index contributed by atoms with van der Waals surface area (Å²) in [6.45, 7) is 5.80. The van der Waals surface area contributed by atoms with Crippen LogP contribution in [0.3, 0.4) is 0 Å². The minimum Gasteiger partial charge on any atom is -0.497 e. The van der Waals surface area contributed by atoms with Gasteiger partial charge >= 0.3 is 0 Å². The third-order valence-electron chi connectivity index (χ3n) is 4.01. The second-order valence-electron chi connectivity index (χ2n) is 5.66. The first-order chi connectivity index (χ1) is 11.2. The second-order valence-corrected chi connectivity index (χ2v) is 5.66. The van der Waals surface area contributed by atoms with Crippen molar-refractivity contribution in [2.24, 2.45) is 0 Å². The molecule has 0 radical (unpaired) electrons. The van der Waals surface area contributed by atoms with E-state index in [0.717, 1.165) is 49.8 Å². The normalized spacial score (nSPS) is 14.6. The van der Waals surface area contributed by atoms with Crippen LogP contribution >= 0.6 is 12.4 Å². The molecule has 2 rings (SSSR count). The molecule has 1 saturated heterocycles. The Morgan fingerprint density at radius 2 is 1.79 bits per heavy atom. The summed E-state index contributed by atoms with van der Waals surface area (Å²) in [5.74, 6) is 1.58. The highest BCUT2D eigenvalue weighted by atomic mass is 35.5. The van der Waals surface area contributed by atoms with Gasteiger partial charge in [0.25, 0.3) is 0 Å². The molecule has 1 aliphatic heterocycles. The van der Waals surface area contributed by atoms with Gasteiger partial charge in [-0.3, -0.25) is 9.69 Å². The third-order valence-corrected chi connectivity index (χ3v) is 4.01. The SMILES string of the molecule is COc1cc(CCC(=O)NCCN2CCNCC2)cc(OC)c1.Cl. The predicted molar refractivity (Wildman–Crippen MR) is 97.4 cm³/mol. The van der Waals surface area contributed by atoms with E-state index in [9.17, 15) is 4.79 Å². The van der Waals surface area contributed by atoms with E-state index in [-0.39, 0.29) is 18.3 Å². The Morgan fingerprint density at radius 3 is 2.38 bits per heavy atom. The minimum absolute atomic E-state index is 0. The molecule has 0 unspecified atom stereocenters. The van der Waals surface area contributed by atoms with Crippen LogP contribution in [-0.4, -0.2) is 64.3 Å². The van der Waals surface area contributed by atoms with E-state index < -0.39 is 0 Å². The van der Waals surface area contributed by atoms with Crippen LogP contribution in [0.1, 0.15) is 12.0 Å². The Labute approximate surface area is 150 Å². The molecule has 0 bridgehead atoms. The van der Waals surface area contributed by atoms with Gasteiger partial charge in [-0.05, 0) is 24.1 Å². The molecule has 0 atom stereocenters. The van der Waals surface area contributed by atoms with E-state index in [0.29, 0.717) is 19.4 Å². The van der Waals surface area contributed by atoms with Gasteiger partial charge in [0, 0.05) is 51.8 Å². The zero-order valence-electron chi connectivity index (χ0n) is 14.5. The lowest BCUT2D eigenvalue weighted by Crippen LogP contribution is -2.46. The Hall–Kier alpha value is -1.50. The lowest BCUT2D eigenvalue weighted by atomic mass is 10.1. The summed E-state index contributed by atoms with van der Waals surface area (Å²) >= 11 is 0. The van der Waals surface area contributed by atoms with Crippen molar-refractivity contribution in [2.45, 2.75) is 12.8 Å². The number of nitrogens with zero attached hydrogens (tertiary/aromatic N) is 1. The van der Waals surface area contributed by atoms with Crippen molar-refractivity contribution in [1.82, 2.24) is 15.5 Å². The molecule has 1 fully saturated rings. The molecular formula is C17H28ClN3O3. The number of rotatable bonds is 8. The van der Waals surface area contributed by atoms with Gasteiger partial charge < -0.3 is 20.1 Å². The summed E-state index contributed by atoms with van der Waals surface area (Å²) < 4.78 is 10.5. The van der Waals surface area contributed by atoms with Gasteiger partial charge in [-0.15, -0.1) is 12.4 Å². The number of amides is 1. The Balaban J connectivity index is 0.00000288. The maximum absolute atomic E-state index is 12.0. The molecule has 6 nitrogen and oxygen atoms in total. The monoisotopic (exact) mass is 357 g/mol. The molecule has 1 aliphatic rings. The van der Waals surface area contributed by atoms with Crippen molar-refractivity contribution in [1.29, 1.82) is 0 Å². The number of hydrogen-bond acceptors (Lipinski definition) is 5. The quantitative estimate of drug-likeness (QED) is 0.729. The van der Waals surface area contributed by atoms with Crippen LogP contribution < -0.4 is 20.1 Å². The third kappa shape index (κ3) is 6.95. The number of carbonyl (C=O) groups is 1. The van der Waals surface area contributed by atoms with E-state index in [1.165, 1.54) is 0 Å². The standard InChI is InChI=1S/C17H27N3O3.ClH/c1-22-15-11-14(12-16(13-15)23-2)3-4-17(21)19-7-10-20-8-5-18-6-9-20;/h11-13,18H,3-10H2,1-2H3,(H,19,21);1H. The zero-order chi connectivity index (χ0) is 16.5. The highest BCUT2D eigenvalue weighted by Crippen LogP contribution is 2.23. The molecular weight excluding hydrogens is 330 g/mol. The smallest absolute Gasteiger partial charge is 0.220 e. The van der Waals surface area contributed by atoms with Crippen molar-refractivity contribution in [3.8, 4) is 11.5 Å². The first-order valence-electron chi connectivity index (χ1n) is 8.13. The number of nitrogens with one attached hydrogen (secondary N) is 2. The lowest BCUT2D eigenvalue weighted by molar-refractivity contribution is -0.121. The largest absolute Gasteiger partial charge is 0.497 e. The van der Waals surface area contributed by atoms with Crippen LogP contribution in [-0.2, 0) is 11.2 Å². The fourth-order valence-corrected chi connectivity index (χ4v) is 2.65. The number of benzene rings is 1. The van der Waals surface area contributed by atoms with Crippen LogP contribution in [0.15, 0.2) is 18.2 Å². The first kappa shape index (κ1) is 20.5. The molecule has 1 amide bonds. The maximum atomic E-state index is 12.0. The molecule has 7 heteroatoms. The second kappa shape index (κ2) is 11.1. The molecule has 1 aromatic rings. The summed E-state index contributed by atoms with van der Waals surface area (Å²) in [7, 11) is 3.25. The summed E-state index contributed by atoms with van der Waals surface area (Å²) in [5, 5.41) is 6.32. The van der Waals surface area contributed by atoms with Crippen LogP contribution in [0.25, 0.3) is 0 Å². The van der Waals surface area contributed by atoms with Crippen molar-refractivity contribution in [3.63, 3.8) is 0 Å². The fourth-order valence-electron chi connectivity index (χ4n) is 2.65. The van der Waals surface area contributed by atoms with E-state index in [1.807, 2.05) is 18.2 Å². The number of piperazine rings is 1. The number of halogens is 1. The number of ether oxygens (including phenoxy) is 2. The molecule has 24 heavy (non-hydrogen) atoms. The van der Waals surface area contributed by atoms with Gasteiger partial charge in [0.1, 0.15) is 11.5 Å². The average molecular weight is 358 g/mol. The van der Waals surface area contributed by atoms with E-state index in [4.69, 9.17) is 9.47 Å².